The molecule has 2 N–H and O–H groups in total. The molecule has 4 heteroatoms. The average molecular weight is 288 g/mol. The molecule has 2 aliphatic rings. The molecule has 0 radical (unpaired) electrons. The number of likely N-dealkylation sites (tertiary alicyclic amines) is 1. The van der Waals surface area contributed by atoms with Gasteiger partial charge in [0, 0.05) is 45.0 Å². The minimum atomic E-state index is 0.397. The first-order valence-corrected chi connectivity index (χ1v) is 8.04. The maximum atomic E-state index is 6.13. The topological polar surface area (TPSA) is 35.7 Å². The zero-order valence-electron chi connectivity index (χ0n) is 13.5. The molecule has 0 spiro atoms. The minimum Gasteiger partial charge on any atom is -0.378 e. The van der Waals surface area contributed by atoms with Gasteiger partial charge in [0.25, 0.3) is 0 Å². The Morgan fingerprint density at radius 1 is 1.24 bits per heavy atom. The lowest BCUT2D eigenvalue weighted by atomic mass is 10.0. The van der Waals surface area contributed by atoms with Crippen LogP contribution in [-0.4, -0.2) is 56.6 Å². The number of anilines is 1. The van der Waals surface area contributed by atoms with Crippen LogP contribution in [0.5, 0.6) is 0 Å². The van der Waals surface area contributed by atoms with E-state index in [9.17, 15) is 0 Å². The Labute approximate surface area is 128 Å². The zero-order valence-corrected chi connectivity index (χ0v) is 13.5. The molecule has 21 heavy (non-hydrogen) atoms. The second-order valence-electron chi connectivity index (χ2n) is 6.74. The molecule has 116 valence electrons. The highest BCUT2D eigenvalue weighted by molar-refractivity contribution is 5.52. The number of fused-ring (bicyclic) bond motifs is 1. The molecule has 1 aromatic rings. The summed E-state index contributed by atoms with van der Waals surface area (Å²) in [5.74, 6) is 0. The second kappa shape index (κ2) is 5.95. The highest BCUT2D eigenvalue weighted by atomic mass is 15.2. The lowest BCUT2D eigenvalue weighted by molar-refractivity contribution is 0.0908. The van der Waals surface area contributed by atoms with Crippen molar-refractivity contribution in [2.45, 2.75) is 31.5 Å². The van der Waals surface area contributed by atoms with Crippen LogP contribution in [0.1, 0.15) is 30.0 Å². The first kappa shape index (κ1) is 14.8. The van der Waals surface area contributed by atoms with Gasteiger partial charge in [0.05, 0.1) is 0 Å². The van der Waals surface area contributed by atoms with Gasteiger partial charge in [-0.3, -0.25) is 4.90 Å². The van der Waals surface area contributed by atoms with E-state index in [2.05, 4.69) is 54.0 Å². The van der Waals surface area contributed by atoms with E-state index in [1.54, 1.807) is 0 Å². The van der Waals surface area contributed by atoms with Crippen LogP contribution in [0.4, 0.5) is 5.69 Å². The molecular formula is C17H28N4. The van der Waals surface area contributed by atoms with E-state index in [-0.39, 0.29) is 0 Å². The van der Waals surface area contributed by atoms with Crippen LogP contribution in [0, 0.1) is 0 Å². The predicted molar refractivity (Wildman–Crippen MR) is 88.6 cm³/mol. The Morgan fingerprint density at radius 3 is 2.57 bits per heavy atom. The molecule has 0 saturated carbocycles. The van der Waals surface area contributed by atoms with E-state index in [0.717, 1.165) is 13.1 Å². The van der Waals surface area contributed by atoms with Crippen LogP contribution in [0.15, 0.2) is 18.2 Å². The molecule has 2 heterocycles. The highest BCUT2D eigenvalue weighted by Crippen LogP contribution is 2.38. The normalized spacial score (nSPS) is 24.3. The Morgan fingerprint density at radius 2 is 1.95 bits per heavy atom. The number of rotatable bonds is 3. The van der Waals surface area contributed by atoms with Gasteiger partial charge in [-0.25, -0.2) is 0 Å². The third kappa shape index (κ3) is 2.80. The number of benzene rings is 1. The van der Waals surface area contributed by atoms with Crippen molar-refractivity contribution in [1.29, 1.82) is 0 Å². The minimum absolute atomic E-state index is 0.397. The van der Waals surface area contributed by atoms with E-state index < -0.39 is 0 Å². The second-order valence-corrected chi connectivity index (χ2v) is 6.74. The molecule has 1 fully saturated rings. The summed E-state index contributed by atoms with van der Waals surface area (Å²) in [5, 5.41) is 0. The van der Waals surface area contributed by atoms with Crippen molar-refractivity contribution in [3.63, 3.8) is 0 Å². The first-order chi connectivity index (χ1) is 10.1. The summed E-state index contributed by atoms with van der Waals surface area (Å²) in [6.45, 7) is 4.20. The molecule has 0 amide bonds. The molecular weight excluding hydrogens is 260 g/mol. The quantitative estimate of drug-likeness (QED) is 0.917. The molecule has 1 atom stereocenters. The number of nitrogens with two attached hydrogens (primary N) is 1. The fraction of sp³-hybridized carbons (Fsp3) is 0.647. The van der Waals surface area contributed by atoms with Crippen molar-refractivity contribution in [2.75, 3.05) is 45.7 Å². The van der Waals surface area contributed by atoms with Crippen molar-refractivity contribution in [3.8, 4) is 0 Å². The zero-order chi connectivity index (χ0) is 15.0. The van der Waals surface area contributed by atoms with Crippen molar-refractivity contribution >= 4 is 5.69 Å². The SMILES string of the molecule is CN1CCC(N2Cc3ccc(N(C)C)cc3C2CN)CC1. The Balaban J connectivity index is 1.82. The van der Waals surface area contributed by atoms with Crippen molar-refractivity contribution < 1.29 is 0 Å². The highest BCUT2D eigenvalue weighted by Gasteiger charge is 2.35. The fourth-order valence-corrected chi connectivity index (χ4v) is 3.77. The van der Waals surface area contributed by atoms with E-state index in [1.807, 2.05) is 0 Å². The number of hydrogen-bond donors (Lipinski definition) is 1. The average Bonchev–Trinajstić information content (AvgIpc) is 2.85. The maximum Gasteiger partial charge on any atom is 0.0480 e. The summed E-state index contributed by atoms with van der Waals surface area (Å²) in [5.41, 5.74) is 10.3. The van der Waals surface area contributed by atoms with E-state index in [0.29, 0.717) is 12.1 Å². The van der Waals surface area contributed by atoms with Crippen LogP contribution in [0.2, 0.25) is 0 Å². The van der Waals surface area contributed by atoms with Crippen molar-refractivity contribution in [2.24, 2.45) is 5.73 Å². The van der Waals surface area contributed by atoms with Crippen LogP contribution in [0.25, 0.3) is 0 Å². The van der Waals surface area contributed by atoms with Gasteiger partial charge in [-0.1, -0.05) is 6.07 Å². The summed E-state index contributed by atoms with van der Waals surface area (Å²) in [7, 11) is 6.42. The van der Waals surface area contributed by atoms with Gasteiger partial charge in [-0.15, -0.1) is 0 Å². The van der Waals surface area contributed by atoms with E-state index >= 15 is 0 Å². The Kier molecular flexibility index (Phi) is 4.20. The molecule has 4 nitrogen and oxygen atoms in total. The largest absolute Gasteiger partial charge is 0.378 e. The monoisotopic (exact) mass is 288 g/mol. The fourth-order valence-electron chi connectivity index (χ4n) is 3.77. The molecule has 0 bridgehead atoms. The summed E-state index contributed by atoms with van der Waals surface area (Å²) >= 11 is 0. The van der Waals surface area contributed by atoms with Crippen molar-refractivity contribution in [1.82, 2.24) is 9.80 Å². The summed E-state index contributed by atoms with van der Waals surface area (Å²) in [6, 6.07) is 7.94. The lowest BCUT2D eigenvalue weighted by Crippen LogP contribution is -2.44. The van der Waals surface area contributed by atoms with Crippen LogP contribution in [0.3, 0.4) is 0 Å². The van der Waals surface area contributed by atoms with E-state index in [4.69, 9.17) is 5.73 Å². The molecule has 1 saturated heterocycles. The van der Waals surface area contributed by atoms with Crippen LogP contribution in [-0.2, 0) is 6.54 Å². The summed E-state index contributed by atoms with van der Waals surface area (Å²) in [4.78, 5) is 7.25. The molecule has 2 aliphatic heterocycles. The molecule has 3 rings (SSSR count). The standard InChI is InChI=1S/C17H28N4/c1-19(2)15-5-4-13-12-21(17(11-18)16(13)10-15)14-6-8-20(3)9-7-14/h4-5,10,14,17H,6-9,11-12,18H2,1-3H3. The lowest BCUT2D eigenvalue weighted by Gasteiger charge is -2.38. The van der Waals surface area contributed by atoms with Crippen molar-refractivity contribution in [3.05, 3.63) is 29.3 Å². The van der Waals surface area contributed by atoms with Gasteiger partial charge in [0.15, 0.2) is 0 Å². The number of piperidine rings is 1. The Bertz CT molecular complexity index is 492. The van der Waals surface area contributed by atoms with Gasteiger partial charge < -0.3 is 15.5 Å². The first-order valence-electron chi connectivity index (χ1n) is 8.04. The van der Waals surface area contributed by atoms with Gasteiger partial charge in [0.2, 0.25) is 0 Å². The number of hydrogen-bond acceptors (Lipinski definition) is 4. The molecule has 1 unspecified atom stereocenters. The molecule has 1 aromatic carbocycles. The predicted octanol–water partition coefficient (Wildman–Crippen LogP) is 1.66. The molecule has 0 aromatic heterocycles. The van der Waals surface area contributed by atoms with Crippen LogP contribution < -0.4 is 10.6 Å². The third-order valence-electron chi connectivity index (χ3n) is 5.14. The Hall–Kier alpha value is -1.10. The van der Waals surface area contributed by atoms with Gasteiger partial charge in [-0.2, -0.15) is 0 Å². The smallest absolute Gasteiger partial charge is 0.0480 e. The summed E-state index contributed by atoms with van der Waals surface area (Å²) < 4.78 is 0. The van der Waals surface area contributed by atoms with Gasteiger partial charge in [0.1, 0.15) is 0 Å². The van der Waals surface area contributed by atoms with Gasteiger partial charge in [-0.05, 0) is 56.2 Å². The maximum absolute atomic E-state index is 6.13. The third-order valence-corrected chi connectivity index (χ3v) is 5.14. The van der Waals surface area contributed by atoms with E-state index in [1.165, 1.54) is 42.7 Å². The van der Waals surface area contributed by atoms with Gasteiger partial charge >= 0.3 is 0 Å². The summed E-state index contributed by atoms with van der Waals surface area (Å²) in [6.07, 6.45) is 2.53. The number of nitrogens with zero attached hydrogens (tertiary/aromatic N) is 3. The molecule has 0 aliphatic carbocycles. The van der Waals surface area contributed by atoms with Crippen LogP contribution >= 0.6 is 0 Å².